The Morgan fingerprint density at radius 1 is 1.07 bits per heavy atom. The van der Waals surface area contributed by atoms with Crippen molar-refractivity contribution < 1.29 is 18.0 Å². The second-order valence-corrected chi connectivity index (χ2v) is 7.04. The summed E-state index contributed by atoms with van der Waals surface area (Å²) in [7, 11) is 2.87. The quantitative estimate of drug-likeness (QED) is 0.703. The molecule has 2 aromatic rings. The largest absolute Gasteiger partial charge is 0.416 e. The van der Waals surface area contributed by atoms with Crippen molar-refractivity contribution in [1.29, 1.82) is 0 Å². The molecule has 1 saturated heterocycles. The Morgan fingerprint density at radius 3 is 2.37 bits per heavy atom. The van der Waals surface area contributed by atoms with Gasteiger partial charge in [-0.3, -0.25) is 14.2 Å². The minimum atomic E-state index is -4.41. The summed E-state index contributed by atoms with van der Waals surface area (Å²) in [6.45, 7) is 1.46. The monoisotopic (exact) mass is 422 g/mol. The van der Waals surface area contributed by atoms with Crippen molar-refractivity contribution in [3.05, 3.63) is 68.5 Å². The average molecular weight is 422 g/mol. The number of anilines is 1. The number of alkyl halides is 3. The number of aromatic nitrogens is 2. The molecule has 0 saturated carbocycles. The predicted octanol–water partition coefficient (Wildman–Crippen LogP) is 1.46. The standard InChI is InChI=1S/C20H21F3N4O3/c1-24-13-14(18(29)25(2)19(24)30)6-7-17(28)27-10-8-26(9-11-27)16-5-3-4-15(12-16)20(21,22)23/h3-7,12-13H,8-11H2,1-2H3/b7-6+. The van der Waals surface area contributed by atoms with E-state index in [1.165, 1.54) is 43.1 Å². The van der Waals surface area contributed by atoms with Crippen LogP contribution in [-0.2, 0) is 25.1 Å². The van der Waals surface area contributed by atoms with Gasteiger partial charge in [-0.25, -0.2) is 4.79 Å². The SMILES string of the molecule is Cn1cc(/C=C/C(=O)N2CCN(c3cccc(C(F)(F)F)c3)CC2)c(=O)n(C)c1=O. The zero-order valence-electron chi connectivity index (χ0n) is 16.5. The lowest BCUT2D eigenvalue weighted by Gasteiger charge is -2.35. The van der Waals surface area contributed by atoms with Gasteiger partial charge >= 0.3 is 11.9 Å². The van der Waals surface area contributed by atoms with Crippen LogP contribution in [0, 0.1) is 0 Å². The number of aryl methyl sites for hydroxylation is 1. The molecule has 0 unspecified atom stereocenters. The molecule has 2 heterocycles. The van der Waals surface area contributed by atoms with Crippen LogP contribution >= 0.6 is 0 Å². The molecule has 3 rings (SSSR count). The Bertz CT molecular complexity index is 1090. The lowest BCUT2D eigenvalue weighted by atomic mass is 10.1. The van der Waals surface area contributed by atoms with Crippen LogP contribution in [0.2, 0.25) is 0 Å². The third-order valence-electron chi connectivity index (χ3n) is 5.01. The topological polar surface area (TPSA) is 67.6 Å². The minimum absolute atomic E-state index is 0.204. The van der Waals surface area contributed by atoms with Gasteiger partial charge in [-0.2, -0.15) is 13.2 Å². The molecule has 0 atom stereocenters. The number of rotatable bonds is 3. The molecule has 10 heteroatoms. The van der Waals surface area contributed by atoms with Crippen LogP contribution in [0.4, 0.5) is 18.9 Å². The minimum Gasteiger partial charge on any atom is -0.368 e. The van der Waals surface area contributed by atoms with Crippen LogP contribution in [0.15, 0.2) is 46.1 Å². The highest BCUT2D eigenvalue weighted by Crippen LogP contribution is 2.31. The summed E-state index contributed by atoms with van der Waals surface area (Å²) in [6, 6.07) is 5.11. The van der Waals surface area contributed by atoms with Crippen molar-refractivity contribution >= 4 is 17.7 Å². The van der Waals surface area contributed by atoms with Crippen molar-refractivity contribution in [1.82, 2.24) is 14.0 Å². The second kappa shape index (κ2) is 8.21. The molecule has 1 aromatic heterocycles. The Kier molecular flexibility index (Phi) is 5.86. The lowest BCUT2D eigenvalue weighted by Crippen LogP contribution is -2.48. The molecular weight excluding hydrogens is 401 g/mol. The van der Waals surface area contributed by atoms with Crippen molar-refractivity contribution in [3.8, 4) is 0 Å². The summed E-state index contributed by atoms with van der Waals surface area (Å²) >= 11 is 0. The number of nitrogens with zero attached hydrogens (tertiary/aromatic N) is 4. The first-order valence-electron chi connectivity index (χ1n) is 9.24. The first kappa shape index (κ1) is 21.4. The van der Waals surface area contributed by atoms with E-state index in [9.17, 15) is 27.6 Å². The number of hydrogen-bond donors (Lipinski definition) is 0. The molecule has 1 amide bonds. The van der Waals surface area contributed by atoms with Gasteiger partial charge in [0.15, 0.2) is 0 Å². The molecule has 0 bridgehead atoms. The number of piperazine rings is 1. The number of amides is 1. The summed E-state index contributed by atoms with van der Waals surface area (Å²) in [4.78, 5) is 39.6. The van der Waals surface area contributed by atoms with E-state index in [1.54, 1.807) is 15.9 Å². The van der Waals surface area contributed by atoms with Crippen LogP contribution < -0.4 is 16.1 Å². The molecule has 1 aliphatic rings. The van der Waals surface area contributed by atoms with Gasteiger partial charge in [0.05, 0.1) is 11.1 Å². The smallest absolute Gasteiger partial charge is 0.368 e. The number of hydrogen-bond acceptors (Lipinski definition) is 4. The van der Waals surface area contributed by atoms with Crippen LogP contribution in [0.25, 0.3) is 6.08 Å². The normalized spacial score (nSPS) is 15.1. The van der Waals surface area contributed by atoms with Gasteiger partial charge in [-0.1, -0.05) is 6.07 Å². The molecule has 30 heavy (non-hydrogen) atoms. The van der Waals surface area contributed by atoms with Crippen LogP contribution in [0.3, 0.4) is 0 Å². The highest BCUT2D eigenvalue weighted by atomic mass is 19.4. The summed E-state index contributed by atoms with van der Waals surface area (Å²) in [6.07, 6.45) is -0.416. The molecule has 160 valence electrons. The second-order valence-electron chi connectivity index (χ2n) is 7.04. The zero-order chi connectivity index (χ0) is 22.1. The van der Waals surface area contributed by atoms with Gasteiger partial charge < -0.3 is 14.4 Å². The third kappa shape index (κ3) is 4.47. The first-order valence-corrected chi connectivity index (χ1v) is 9.24. The summed E-state index contributed by atoms with van der Waals surface area (Å²) < 4.78 is 40.9. The van der Waals surface area contributed by atoms with E-state index >= 15 is 0 Å². The molecule has 0 aliphatic carbocycles. The molecule has 0 radical (unpaired) electrons. The molecule has 7 nitrogen and oxygen atoms in total. The van der Waals surface area contributed by atoms with Crippen molar-refractivity contribution in [3.63, 3.8) is 0 Å². The number of benzene rings is 1. The maximum Gasteiger partial charge on any atom is 0.416 e. The molecule has 1 fully saturated rings. The van der Waals surface area contributed by atoms with E-state index in [0.717, 1.165) is 16.7 Å². The maximum absolute atomic E-state index is 12.9. The van der Waals surface area contributed by atoms with Gasteiger partial charge in [0.25, 0.3) is 5.56 Å². The van der Waals surface area contributed by atoms with Crippen LogP contribution in [-0.4, -0.2) is 46.1 Å². The summed E-state index contributed by atoms with van der Waals surface area (Å²) in [5.74, 6) is -0.311. The van der Waals surface area contributed by atoms with Gasteiger partial charge in [0.1, 0.15) is 0 Å². The highest BCUT2D eigenvalue weighted by Gasteiger charge is 2.31. The molecule has 1 aromatic carbocycles. The van der Waals surface area contributed by atoms with Crippen LogP contribution in [0.5, 0.6) is 0 Å². The number of carbonyl (C=O) groups excluding carboxylic acids is 1. The Balaban J connectivity index is 1.66. The first-order chi connectivity index (χ1) is 14.1. The third-order valence-corrected chi connectivity index (χ3v) is 5.01. The Morgan fingerprint density at radius 2 is 1.73 bits per heavy atom. The highest BCUT2D eigenvalue weighted by molar-refractivity contribution is 5.91. The average Bonchev–Trinajstić information content (AvgIpc) is 2.73. The van der Waals surface area contributed by atoms with Crippen molar-refractivity contribution in [2.45, 2.75) is 6.18 Å². The molecule has 0 spiro atoms. The lowest BCUT2D eigenvalue weighted by molar-refractivity contribution is -0.137. The number of carbonyl (C=O) groups is 1. The fourth-order valence-corrected chi connectivity index (χ4v) is 3.28. The zero-order valence-corrected chi connectivity index (χ0v) is 16.5. The Hall–Kier alpha value is -3.30. The van der Waals surface area contributed by atoms with E-state index < -0.39 is 23.0 Å². The van der Waals surface area contributed by atoms with Gasteiger partial charge in [-0.15, -0.1) is 0 Å². The predicted molar refractivity (Wildman–Crippen MR) is 106 cm³/mol. The fourth-order valence-electron chi connectivity index (χ4n) is 3.28. The molecule has 0 N–H and O–H groups in total. The van der Waals surface area contributed by atoms with Crippen molar-refractivity contribution in [2.24, 2.45) is 14.1 Å². The van der Waals surface area contributed by atoms with E-state index in [2.05, 4.69) is 0 Å². The van der Waals surface area contributed by atoms with Gasteiger partial charge in [0.2, 0.25) is 5.91 Å². The van der Waals surface area contributed by atoms with Crippen molar-refractivity contribution in [2.75, 3.05) is 31.1 Å². The van der Waals surface area contributed by atoms with Crippen LogP contribution in [0.1, 0.15) is 11.1 Å². The summed E-state index contributed by atoms with van der Waals surface area (Å²) in [5.41, 5.74) is -1.01. The summed E-state index contributed by atoms with van der Waals surface area (Å²) in [5, 5.41) is 0. The molecular formula is C20H21F3N4O3. The van der Waals surface area contributed by atoms with E-state index in [0.29, 0.717) is 31.9 Å². The maximum atomic E-state index is 12.9. The number of halogens is 3. The van der Waals surface area contributed by atoms with E-state index in [-0.39, 0.29) is 11.5 Å². The molecule has 1 aliphatic heterocycles. The van der Waals surface area contributed by atoms with E-state index in [4.69, 9.17) is 0 Å². The van der Waals surface area contributed by atoms with Gasteiger partial charge in [-0.05, 0) is 24.3 Å². The van der Waals surface area contributed by atoms with E-state index in [1.807, 2.05) is 0 Å². The fraction of sp³-hybridized carbons (Fsp3) is 0.350. The van der Waals surface area contributed by atoms with Gasteiger partial charge in [0, 0.05) is 58.2 Å². The Labute approximate surface area is 170 Å².